The fourth-order valence-corrected chi connectivity index (χ4v) is 1.65. The molecule has 0 atom stereocenters. The van der Waals surface area contributed by atoms with Crippen LogP contribution in [0.3, 0.4) is 0 Å². The number of hydrogen-bond acceptors (Lipinski definition) is 2. The van der Waals surface area contributed by atoms with Gasteiger partial charge in [-0.2, -0.15) is 0 Å². The van der Waals surface area contributed by atoms with Gasteiger partial charge in [0.1, 0.15) is 6.54 Å². The molecule has 0 radical (unpaired) electrons. The van der Waals surface area contributed by atoms with E-state index in [4.69, 9.17) is 23.2 Å². The molecule has 3 nitrogen and oxygen atoms in total. The van der Waals surface area contributed by atoms with E-state index in [2.05, 4.69) is 0 Å². The van der Waals surface area contributed by atoms with Crippen LogP contribution < -0.4 is 10.4 Å². The van der Waals surface area contributed by atoms with E-state index in [0.717, 1.165) is 18.7 Å². The van der Waals surface area contributed by atoms with Crippen LogP contribution in [0.4, 0.5) is 0 Å². The fraction of sp³-hybridized carbons (Fsp3) is 0.364. The van der Waals surface area contributed by atoms with Crippen LogP contribution in [0.2, 0.25) is 10.0 Å². The molecule has 0 bridgehead atoms. The van der Waals surface area contributed by atoms with Gasteiger partial charge in [0.05, 0.1) is 16.6 Å². The number of aliphatic carboxylic acids is 1. The maximum Gasteiger partial charge on any atom is 0.101 e. The Bertz CT molecular complexity index is 369. The number of nitrogens with two attached hydrogens (primary N) is 1. The molecule has 0 heterocycles. The predicted octanol–water partition coefficient (Wildman–Crippen LogP) is 0.587. The lowest BCUT2D eigenvalue weighted by atomic mass is 10.2. The minimum atomic E-state index is -0.997. The van der Waals surface area contributed by atoms with Gasteiger partial charge in [-0.25, -0.2) is 0 Å². The molecule has 0 fully saturated rings. The zero-order chi connectivity index (χ0) is 12.0. The van der Waals surface area contributed by atoms with Gasteiger partial charge >= 0.3 is 0 Å². The summed E-state index contributed by atoms with van der Waals surface area (Å²) in [5.74, 6) is -0.997. The van der Waals surface area contributed by atoms with Crippen LogP contribution in [-0.2, 0) is 11.3 Å². The molecule has 0 aliphatic rings. The SMILES string of the molecule is O=C([O-])CCC[NH2+]Cc1ccc(Cl)c(Cl)c1. The molecule has 0 amide bonds. The van der Waals surface area contributed by atoms with Crippen LogP contribution in [0.5, 0.6) is 0 Å². The lowest BCUT2D eigenvalue weighted by Crippen LogP contribution is -2.82. The van der Waals surface area contributed by atoms with Crippen molar-refractivity contribution in [1.29, 1.82) is 0 Å². The summed E-state index contributed by atoms with van der Waals surface area (Å²) in [4.78, 5) is 10.2. The van der Waals surface area contributed by atoms with E-state index in [-0.39, 0.29) is 6.42 Å². The number of halogens is 2. The Balaban J connectivity index is 2.27. The van der Waals surface area contributed by atoms with E-state index < -0.39 is 5.97 Å². The lowest BCUT2D eigenvalue weighted by Gasteiger charge is -2.04. The summed E-state index contributed by atoms with van der Waals surface area (Å²) >= 11 is 11.6. The number of hydrogen-bond donors (Lipinski definition) is 1. The molecule has 16 heavy (non-hydrogen) atoms. The Morgan fingerprint density at radius 1 is 1.31 bits per heavy atom. The van der Waals surface area contributed by atoms with Gasteiger partial charge in [-0.05, 0) is 18.6 Å². The number of carboxylic acid groups (broad SMARTS) is 1. The normalized spacial score (nSPS) is 10.4. The lowest BCUT2D eigenvalue weighted by molar-refractivity contribution is -0.670. The standard InChI is InChI=1S/C11H13Cl2NO2/c12-9-4-3-8(6-10(9)13)7-14-5-1-2-11(15)16/h3-4,6,14H,1-2,5,7H2,(H,15,16). The second kappa shape index (κ2) is 6.74. The largest absolute Gasteiger partial charge is 0.550 e. The number of carbonyl (C=O) groups is 1. The highest BCUT2D eigenvalue weighted by Gasteiger charge is 2.00. The second-order valence-electron chi connectivity index (χ2n) is 3.51. The van der Waals surface area contributed by atoms with Gasteiger partial charge in [0.2, 0.25) is 0 Å². The van der Waals surface area contributed by atoms with Crippen LogP contribution in [-0.4, -0.2) is 12.5 Å². The summed E-state index contributed by atoms with van der Waals surface area (Å²) in [6.45, 7) is 1.53. The minimum Gasteiger partial charge on any atom is -0.550 e. The highest BCUT2D eigenvalue weighted by atomic mass is 35.5. The van der Waals surface area contributed by atoms with Gasteiger partial charge in [-0.1, -0.05) is 29.3 Å². The minimum absolute atomic E-state index is 0.109. The van der Waals surface area contributed by atoms with Crippen molar-refractivity contribution < 1.29 is 15.2 Å². The van der Waals surface area contributed by atoms with E-state index in [0.29, 0.717) is 16.5 Å². The van der Waals surface area contributed by atoms with Crippen LogP contribution in [0.15, 0.2) is 18.2 Å². The van der Waals surface area contributed by atoms with Crippen molar-refractivity contribution in [2.24, 2.45) is 0 Å². The molecule has 1 aromatic carbocycles. The van der Waals surface area contributed by atoms with Crippen molar-refractivity contribution in [3.05, 3.63) is 33.8 Å². The van der Waals surface area contributed by atoms with E-state index in [1.807, 2.05) is 17.4 Å². The molecular formula is C11H13Cl2NO2. The number of carbonyl (C=O) groups excluding carboxylic acids is 1. The van der Waals surface area contributed by atoms with E-state index in [1.165, 1.54) is 0 Å². The molecule has 5 heteroatoms. The Labute approximate surface area is 104 Å². The third-order valence-corrected chi connectivity index (χ3v) is 2.89. The van der Waals surface area contributed by atoms with Crippen molar-refractivity contribution in [3.8, 4) is 0 Å². The molecule has 1 rings (SSSR count). The predicted molar refractivity (Wildman–Crippen MR) is 61.2 cm³/mol. The first-order valence-corrected chi connectivity index (χ1v) is 5.80. The number of carboxylic acids is 1. The first kappa shape index (κ1) is 13.3. The molecule has 2 N–H and O–H groups in total. The van der Waals surface area contributed by atoms with Gasteiger partial charge in [0, 0.05) is 18.0 Å². The Morgan fingerprint density at radius 3 is 2.69 bits per heavy atom. The van der Waals surface area contributed by atoms with Gasteiger partial charge in [-0.15, -0.1) is 0 Å². The summed E-state index contributed by atoms with van der Waals surface area (Å²) in [6.07, 6.45) is 0.724. The first-order chi connectivity index (χ1) is 7.59. The van der Waals surface area contributed by atoms with Gasteiger partial charge in [0.25, 0.3) is 0 Å². The zero-order valence-corrected chi connectivity index (χ0v) is 10.2. The van der Waals surface area contributed by atoms with Crippen LogP contribution in [0, 0.1) is 0 Å². The monoisotopic (exact) mass is 261 g/mol. The van der Waals surface area contributed by atoms with Crippen molar-refractivity contribution in [1.82, 2.24) is 0 Å². The van der Waals surface area contributed by atoms with Crippen molar-refractivity contribution in [3.63, 3.8) is 0 Å². The summed E-state index contributed by atoms with van der Waals surface area (Å²) in [7, 11) is 0. The smallest absolute Gasteiger partial charge is 0.101 e. The third-order valence-electron chi connectivity index (χ3n) is 2.15. The van der Waals surface area contributed by atoms with Crippen molar-refractivity contribution in [2.75, 3.05) is 6.54 Å². The zero-order valence-electron chi connectivity index (χ0n) is 8.71. The maximum absolute atomic E-state index is 10.2. The highest BCUT2D eigenvalue weighted by Crippen LogP contribution is 2.21. The van der Waals surface area contributed by atoms with E-state index in [1.54, 1.807) is 6.07 Å². The number of rotatable bonds is 6. The summed E-state index contributed by atoms with van der Waals surface area (Å²) in [5, 5.41) is 13.3. The summed E-state index contributed by atoms with van der Waals surface area (Å²) in [6, 6.07) is 5.48. The number of benzene rings is 1. The molecular weight excluding hydrogens is 249 g/mol. The van der Waals surface area contributed by atoms with Gasteiger partial charge < -0.3 is 15.2 Å². The molecule has 88 valence electrons. The molecule has 1 aromatic rings. The molecule has 0 aromatic heterocycles. The maximum atomic E-state index is 10.2. The average molecular weight is 262 g/mol. The molecule has 0 aliphatic heterocycles. The van der Waals surface area contributed by atoms with Crippen molar-refractivity contribution >= 4 is 29.2 Å². The summed E-state index contributed by atoms with van der Waals surface area (Å²) < 4.78 is 0. The van der Waals surface area contributed by atoms with Crippen LogP contribution in [0.1, 0.15) is 18.4 Å². The van der Waals surface area contributed by atoms with Gasteiger partial charge in [-0.3, -0.25) is 0 Å². The summed E-state index contributed by atoms with van der Waals surface area (Å²) in [5.41, 5.74) is 1.07. The Hall–Kier alpha value is -0.770. The second-order valence-corrected chi connectivity index (χ2v) is 4.32. The van der Waals surface area contributed by atoms with Gasteiger partial charge in [0.15, 0.2) is 0 Å². The molecule has 0 saturated heterocycles. The quantitative estimate of drug-likeness (QED) is 0.763. The average Bonchev–Trinajstić information content (AvgIpc) is 2.22. The third kappa shape index (κ3) is 4.84. The first-order valence-electron chi connectivity index (χ1n) is 5.05. The fourth-order valence-electron chi connectivity index (χ4n) is 1.33. The molecule has 0 unspecified atom stereocenters. The molecule has 0 spiro atoms. The van der Waals surface area contributed by atoms with E-state index >= 15 is 0 Å². The van der Waals surface area contributed by atoms with Crippen LogP contribution in [0.25, 0.3) is 0 Å². The Morgan fingerprint density at radius 2 is 2.06 bits per heavy atom. The van der Waals surface area contributed by atoms with Crippen LogP contribution >= 0.6 is 23.2 Å². The topological polar surface area (TPSA) is 56.7 Å². The molecule has 0 saturated carbocycles. The Kier molecular flexibility index (Phi) is 5.60. The molecule has 0 aliphatic carbocycles. The number of quaternary nitrogens is 1. The van der Waals surface area contributed by atoms with E-state index in [9.17, 15) is 9.90 Å². The van der Waals surface area contributed by atoms with Crippen molar-refractivity contribution in [2.45, 2.75) is 19.4 Å². The highest BCUT2D eigenvalue weighted by molar-refractivity contribution is 6.41.